The fourth-order valence-corrected chi connectivity index (χ4v) is 2.84. The molecule has 0 bridgehead atoms. The minimum atomic E-state index is -0.301. The number of aliphatic hydroxyl groups excluding tert-OH is 1. The van der Waals surface area contributed by atoms with E-state index in [1.807, 2.05) is 4.90 Å². The van der Waals surface area contributed by atoms with Crippen LogP contribution in [0.2, 0.25) is 0 Å². The third-order valence-electron chi connectivity index (χ3n) is 3.77. The number of hydrogen-bond donors (Lipinski definition) is 2. The quantitative estimate of drug-likeness (QED) is 0.811. The molecule has 18 heavy (non-hydrogen) atoms. The molecule has 0 saturated carbocycles. The number of nitrogens with zero attached hydrogens (tertiary/aromatic N) is 1. The lowest BCUT2D eigenvalue weighted by molar-refractivity contribution is 0.120. The summed E-state index contributed by atoms with van der Waals surface area (Å²) in [5.41, 5.74) is 0. The van der Waals surface area contributed by atoms with Gasteiger partial charge in [-0.1, -0.05) is 6.92 Å². The second kappa shape index (κ2) is 6.98. The maximum atomic E-state index is 12.2. The molecule has 0 aliphatic carbocycles. The topological polar surface area (TPSA) is 52.6 Å². The summed E-state index contributed by atoms with van der Waals surface area (Å²) in [6.45, 7) is 8.71. The van der Waals surface area contributed by atoms with Crippen LogP contribution in [0, 0.1) is 5.92 Å². The predicted octanol–water partition coefficient (Wildman–Crippen LogP) is 2.37. The molecule has 0 radical (unpaired) electrons. The Morgan fingerprint density at radius 1 is 1.33 bits per heavy atom. The molecule has 2 N–H and O–H groups in total. The number of hydrogen-bond acceptors (Lipinski definition) is 2. The van der Waals surface area contributed by atoms with Gasteiger partial charge in [0.2, 0.25) is 0 Å². The molecular formula is C14H28N2O2. The van der Waals surface area contributed by atoms with Gasteiger partial charge in [-0.25, -0.2) is 4.79 Å². The number of amides is 2. The summed E-state index contributed by atoms with van der Waals surface area (Å²) in [6.07, 6.45) is 3.84. The summed E-state index contributed by atoms with van der Waals surface area (Å²) in [7, 11) is 0. The van der Waals surface area contributed by atoms with Crippen LogP contribution in [0.5, 0.6) is 0 Å². The second-order valence-electron chi connectivity index (χ2n) is 5.91. The minimum Gasteiger partial charge on any atom is -0.393 e. The molecule has 1 heterocycles. The first-order valence-electron chi connectivity index (χ1n) is 7.16. The molecule has 2 amide bonds. The summed E-state index contributed by atoms with van der Waals surface area (Å²) in [4.78, 5) is 14.1. The van der Waals surface area contributed by atoms with Gasteiger partial charge in [0, 0.05) is 18.6 Å². The lowest BCUT2D eigenvalue weighted by Crippen LogP contribution is -2.52. The fourth-order valence-electron chi connectivity index (χ4n) is 2.84. The van der Waals surface area contributed by atoms with Crippen LogP contribution >= 0.6 is 0 Å². The summed E-state index contributed by atoms with van der Waals surface area (Å²) < 4.78 is 0. The van der Waals surface area contributed by atoms with Crippen molar-refractivity contribution < 1.29 is 9.90 Å². The van der Waals surface area contributed by atoms with E-state index >= 15 is 0 Å². The van der Waals surface area contributed by atoms with Crippen molar-refractivity contribution in [3.8, 4) is 0 Å². The van der Waals surface area contributed by atoms with E-state index < -0.39 is 0 Å². The molecule has 4 heteroatoms. The van der Waals surface area contributed by atoms with E-state index in [1.165, 1.54) is 6.42 Å². The zero-order valence-corrected chi connectivity index (χ0v) is 12.1. The lowest BCUT2D eigenvalue weighted by atomic mass is 9.98. The number of piperidine rings is 1. The number of carbonyl (C=O) groups excluding carboxylic acids is 1. The van der Waals surface area contributed by atoms with E-state index in [9.17, 15) is 9.90 Å². The van der Waals surface area contributed by atoms with Gasteiger partial charge in [-0.3, -0.25) is 0 Å². The highest BCUT2D eigenvalue weighted by molar-refractivity contribution is 5.75. The van der Waals surface area contributed by atoms with Gasteiger partial charge >= 0.3 is 6.03 Å². The van der Waals surface area contributed by atoms with Gasteiger partial charge in [0.1, 0.15) is 0 Å². The molecule has 4 nitrogen and oxygen atoms in total. The van der Waals surface area contributed by atoms with Gasteiger partial charge in [-0.15, -0.1) is 0 Å². The van der Waals surface area contributed by atoms with Crippen molar-refractivity contribution >= 4 is 6.03 Å². The maximum absolute atomic E-state index is 12.2. The molecule has 1 aliphatic heterocycles. The summed E-state index contributed by atoms with van der Waals surface area (Å²) >= 11 is 0. The Kier molecular flexibility index (Phi) is 5.93. The maximum Gasteiger partial charge on any atom is 0.317 e. The van der Waals surface area contributed by atoms with E-state index in [0.29, 0.717) is 24.5 Å². The Labute approximate surface area is 111 Å². The third-order valence-corrected chi connectivity index (χ3v) is 3.77. The van der Waals surface area contributed by atoms with Crippen LogP contribution in [0.25, 0.3) is 0 Å². The number of aliphatic hydroxyl groups is 1. The van der Waals surface area contributed by atoms with E-state index in [-0.39, 0.29) is 12.1 Å². The molecule has 1 rings (SSSR count). The number of likely N-dealkylation sites (tertiary alicyclic amines) is 1. The summed E-state index contributed by atoms with van der Waals surface area (Å²) in [5, 5.41) is 12.3. The molecule has 0 aromatic rings. The fraction of sp³-hybridized carbons (Fsp3) is 0.929. The molecule has 1 saturated heterocycles. The molecule has 4 atom stereocenters. The molecule has 0 aromatic carbocycles. The molecule has 0 aromatic heterocycles. The van der Waals surface area contributed by atoms with Crippen molar-refractivity contribution in [2.45, 2.75) is 71.6 Å². The standard InChI is InChI=1S/C14H28N2O2/c1-10(8-13(4)17)9-15-14(18)16-11(2)6-5-7-12(16)3/h10-13,17H,5-9H2,1-4H3,(H,15,18). The first-order valence-corrected chi connectivity index (χ1v) is 7.16. The van der Waals surface area contributed by atoms with Crippen LogP contribution in [-0.4, -0.2) is 40.8 Å². The molecule has 106 valence electrons. The average molecular weight is 256 g/mol. The van der Waals surface area contributed by atoms with Crippen molar-refractivity contribution in [3.05, 3.63) is 0 Å². The summed E-state index contributed by atoms with van der Waals surface area (Å²) in [6, 6.07) is 0.716. The van der Waals surface area contributed by atoms with Crippen molar-refractivity contribution in [3.63, 3.8) is 0 Å². The number of rotatable bonds is 4. The highest BCUT2D eigenvalue weighted by Crippen LogP contribution is 2.22. The van der Waals surface area contributed by atoms with Crippen molar-refractivity contribution in [2.24, 2.45) is 5.92 Å². The van der Waals surface area contributed by atoms with Crippen LogP contribution in [-0.2, 0) is 0 Å². The van der Waals surface area contributed by atoms with Crippen molar-refractivity contribution in [1.29, 1.82) is 0 Å². The Bertz CT molecular complexity index is 259. The third kappa shape index (κ3) is 4.48. The number of urea groups is 1. The van der Waals surface area contributed by atoms with E-state index in [1.54, 1.807) is 6.92 Å². The van der Waals surface area contributed by atoms with Gasteiger partial charge in [-0.2, -0.15) is 0 Å². The normalized spacial score (nSPS) is 27.7. The Balaban J connectivity index is 2.39. The first kappa shape index (κ1) is 15.3. The second-order valence-corrected chi connectivity index (χ2v) is 5.91. The van der Waals surface area contributed by atoms with Gasteiger partial charge in [0.25, 0.3) is 0 Å². The van der Waals surface area contributed by atoms with Crippen molar-refractivity contribution in [2.75, 3.05) is 6.54 Å². The zero-order chi connectivity index (χ0) is 13.7. The lowest BCUT2D eigenvalue weighted by Gasteiger charge is -2.39. The molecule has 1 aliphatic rings. The summed E-state index contributed by atoms with van der Waals surface area (Å²) in [5.74, 6) is 0.310. The van der Waals surface area contributed by atoms with E-state index in [2.05, 4.69) is 26.1 Å². The number of nitrogens with one attached hydrogen (secondary N) is 1. The monoisotopic (exact) mass is 256 g/mol. The van der Waals surface area contributed by atoms with Crippen LogP contribution in [0.4, 0.5) is 4.79 Å². The molecule has 4 unspecified atom stereocenters. The Morgan fingerprint density at radius 3 is 2.39 bits per heavy atom. The first-order chi connectivity index (χ1) is 8.41. The van der Waals surface area contributed by atoms with Gasteiger partial charge in [0.15, 0.2) is 0 Å². The van der Waals surface area contributed by atoms with E-state index in [0.717, 1.165) is 19.3 Å². The van der Waals surface area contributed by atoms with Crippen LogP contribution in [0.15, 0.2) is 0 Å². The minimum absolute atomic E-state index is 0.0483. The van der Waals surface area contributed by atoms with Crippen LogP contribution in [0.3, 0.4) is 0 Å². The highest BCUT2D eigenvalue weighted by Gasteiger charge is 2.28. The van der Waals surface area contributed by atoms with Gasteiger partial charge < -0.3 is 15.3 Å². The largest absolute Gasteiger partial charge is 0.393 e. The average Bonchev–Trinajstić information content (AvgIpc) is 2.25. The number of carbonyl (C=O) groups is 1. The molecular weight excluding hydrogens is 228 g/mol. The molecule has 1 fully saturated rings. The highest BCUT2D eigenvalue weighted by atomic mass is 16.3. The predicted molar refractivity (Wildman–Crippen MR) is 73.5 cm³/mol. The van der Waals surface area contributed by atoms with Gasteiger partial charge in [0.05, 0.1) is 6.10 Å². The van der Waals surface area contributed by atoms with E-state index in [4.69, 9.17) is 0 Å². The Morgan fingerprint density at radius 2 is 1.89 bits per heavy atom. The van der Waals surface area contributed by atoms with Gasteiger partial charge in [-0.05, 0) is 52.4 Å². The van der Waals surface area contributed by atoms with Crippen LogP contribution in [0.1, 0.15) is 53.4 Å². The smallest absolute Gasteiger partial charge is 0.317 e. The van der Waals surface area contributed by atoms with Crippen LogP contribution < -0.4 is 5.32 Å². The van der Waals surface area contributed by atoms with Crippen molar-refractivity contribution in [1.82, 2.24) is 10.2 Å². The SMILES string of the molecule is CC(O)CC(C)CNC(=O)N1C(C)CCCC1C. The zero-order valence-electron chi connectivity index (χ0n) is 12.1. The Hall–Kier alpha value is -0.770. The molecule has 0 spiro atoms.